The molecular formula is C22H19N3O3S. The van der Waals surface area contributed by atoms with Gasteiger partial charge in [-0.3, -0.25) is 14.9 Å². The number of carbonyl (C=O) groups is 2. The standard InChI is InChI=1S/C22H19N3O3S/c1-2-20(26)24-15-9-7-14(8-10-15)11-16-12-23-22(29-16)25-21(27)18-13-28-19-6-4-3-5-17(18)19/h3-10,12-13H,2,11H2,1H3,(H,24,26)(H,23,25,27). The summed E-state index contributed by atoms with van der Waals surface area (Å²) in [6.07, 6.45) is 4.38. The van der Waals surface area contributed by atoms with E-state index in [-0.39, 0.29) is 11.8 Å². The minimum atomic E-state index is -0.244. The molecular weight excluding hydrogens is 386 g/mol. The van der Waals surface area contributed by atoms with Crippen molar-refractivity contribution in [3.8, 4) is 0 Å². The Morgan fingerprint density at radius 1 is 1.07 bits per heavy atom. The Kier molecular flexibility index (Phi) is 5.39. The Morgan fingerprint density at radius 3 is 2.66 bits per heavy atom. The number of thiazole rings is 1. The number of carbonyl (C=O) groups excluding carboxylic acids is 2. The van der Waals surface area contributed by atoms with Crippen LogP contribution in [0.15, 0.2) is 65.4 Å². The first kappa shape index (κ1) is 18.9. The van der Waals surface area contributed by atoms with Crippen molar-refractivity contribution in [2.75, 3.05) is 10.6 Å². The van der Waals surface area contributed by atoms with Crippen molar-refractivity contribution in [2.45, 2.75) is 19.8 Å². The number of nitrogens with zero attached hydrogens (tertiary/aromatic N) is 1. The fourth-order valence-corrected chi connectivity index (χ4v) is 3.76. The van der Waals surface area contributed by atoms with Crippen LogP contribution < -0.4 is 10.6 Å². The third-order valence-corrected chi connectivity index (χ3v) is 5.35. The zero-order valence-corrected chi connectivity index (χ0v) is 16.6. The number of aromatic nitrogens is 1. The maximum atomic E-state index is 12.6. The predicted octanol–water partition coefficient (Wildman–Crippen LogP) is 5.08. The summed E-state index contributed by atoms with van der Waals surface area (Å²) in [5, 5.41) is 6.99. The van der Waals surface area contributed by atoms with Crippen LogP contribution in [0.3, 0.4) is 0 Å². The molecule has 7 heteroatoms. The van der Waals surface area contributed by atoms with E-state index in [1.54, 1.807) is 6.20 Å². The zero-order valence-electron chi connectivity index (χ0n) is 15.8. The highest BCUT2D eigenvalue weighted by Gasteiger charge is 2.15. The summed E-state index contributed by atoms with van der Waals surface area (Å²) in [5.74, 6) is -0.252. The van der Waals surface area contributed by atoms with Gasteiger partial charge in [0.2, 0.25) is 5.91 Å². The molecule has 0 aliphatic rings. The fourth-order valence-electron chi connectivity index (χ4n) is 2.92. The summed E-state index contributed by atoms with van der Waals surface area (Å²) in [5.41, 5.74) is 3.05. The molecule has 0 fully saturated rings. The Bertz CT molecular complexity index is 1160. The zero-order chi connectivity index (χ0) is 20.2. The monoisotopic (exact) mass is 405 g/mol. The van der Waals surface area contributed by atoms with Crippen LogP contribution in [0, 0.1) is 0 Å². The lowest BCUT2D eigenvalue weighted by Crippen LogP contribution is -2.10. The second-order valence-corrected chi connectivity index (χ2v) is 7.62. The van der Waals surface area contributed by atoms with E-state index in [0.717, 1.165) is 21.5 Å². The normalized spacial score (nSPS) is 10.8. The molecule has 146 valence electrons. The molecule has 4 aromatic rings. The average molecular weight is 405 g/mol. The molecule has 2 aromatic heterocycles. The number of amides is 2. The molecule has 0 saturated heterocycles. The molecule has 2 aromatic carbocycles. The van der Waals surface area contributed by atoms with E-state index in [2.05, 4.69) is 15.6 Å². The fraction of sp³-hybridized carbons (Fsp3) is 0.136. The Morgan fingerprint density at radius 2 is 1.86 bits per heavy atom. The van der Waals surface area contributed by atoms with Crippen LogP contribution in [-0.2, 0) is 11.2 Å². The van der Waals surface area contributed by atoms with Crippen molar-refractivity contribution in [2.24, 2.45) is 0 Å². The van der Waals surface area contributed by atoms with Gasteiger partial charge >= 0.3 is 0 Å². The van der Waals surface area contributed by atoms with Crippen LogP contribution in [0.1, 0.15) is 34.1 Å². The van der Waals surface area contributed by atoms with Crippen LogP contribution >= 0.6 is 11.3 Å². The van der Waals surface area contributed by atoms with Crippen LogP contribution in [-0.4, -0.2) is 16.8 Å². The van der Waals surface area contributed by atoms with E-state index in [1.165, 1.54) is 17.6 Å². The van der Waals surface area contributed by atoms with E-state index in [9.17, 15) is 9.59 Å². The molecule has 0 spiro atoms. The topological polar surface area (TPSA) is 84.2 Å². The first-order chi connectivity index (χ1) is 14.1. The molecule has 2 heterocycles. The number of nitrogens with one attached hydrogen (secondary N) is 2. The SMILES string of the molecule is CCC(=O)Nc1ccc(Cc2cnc(NC(=O)c3coc4ccccc34)s2)cc1. The summed E-state index contributed by atoms with van der Waals surface area (Å²) in [7, 11) is 0. The number of fused-ring (bicyclic) bond motifs is 1. The highest BCUT2D eigenvalue weighted by atomic mass is 32.1. The van der Waals surface area contributed by atoms with Gasteiger partial charge in [-0.1, -0.05) is 37.3 Å². The number of furan rings is 1. The first-order valence-corrected chi connectivity index (χ1v) is 10.0. The van der Waals surface area contributed by atoms with E-state index in [0.29, 0.717) is 29.1 Å². The molecule has 6 nitrogen and oxygen atoms in total. The lowest BCUT2D eigenvalue weighted by Gasteiger charge is -2.04. The van der Waals surface area contributed by atoms with E-state index >= 15 is 0 Å². The Hall–Kier alpha value is -3.45. The van der Waals surface area contributed by atoms with Crippen molar-refractivity contribution in [1.82, 2.24) is 4.98 Å². The van der Waals surface area contributed by atoms with Crippen molar-refractivity contribution >= 4 is 44.9 Å². The third-order valence-electron chi connectivity index (χ3n) is 4.44. The summed E-state index contributed by atoms with van der Waals surface area (Å²) < 4.78 is 5.43. The van der Waals surface area contributed by atoms with Gasteiger partial charge in [-0.2, -0.15) is 0 Å². The molecule has 0 aliphatic carbocycles. The molecule has 0 radical (unpaired) electrons. The van der Waals surface area contributed by atoms with Crippen LogP contribution in [0.4, 0.5) is 10.8 Å². The summed E-state index contributed by atoms with van der Waals surface area (Å²) in [6.45, 7) is 1.82. The summed E-state index contributed by atoms with van der Waals surface area (Å²) >= 11 is 1.43. The van der Waals surface area contributed by atoms with Crippen molar-refractivity contribution < 1.29 is 14.0 Å². The van der Waals surface area contributed by atoms with Gasteiger partial charge in [-0.15, -0.1) is 11.3 Å². The predicted molar refractivity (Wildman–Crippen MR) is 114 cm³/mol. The molecule has 0 bridgehead atoms. The molecule has 0 unspecified atom stereocenters. The van der Waals surface area contributed by atoms with E-state index in [4.69, 9.17) is 4.42 Å². The van der Waals surface area contributed by atoms with Crippen molar-refractivity contribution in [1.29, 1.82) is 0 Å². The first-order valence-electron chi connectivity index (χ1n) is 9.23. The average Bonchev–Trinajstić information content (AvgIpc) is 3.36. The van der Waals surface area contributed by atoms with Gasteiger partial charge in [-0.25, -0.2) is 4.98 Å². The van der Waals surface area contributed by atoms with Crippen molar-refractivity contribution in [3.05, 3.63) is 77.0 Å². The van der Waals surface area contributed by atoms with Crippen molar-refractivity contribution in [3.63, 3.8) is 0 Å². The lowest BCUT2D eigenvalue weighted by atomic mass is 10.1. The maximum Gasteiger partial charge on any atom is 0.261 e. The van der Waals surface area contributed by atoms with E-state index in [1.807, 2.05) is 55.5 Å². The van der Waals surface area contributed by atoms with Crippen LogP contribution in [0.25, 0.3) is 11.0 Å². The van der Waals surface area contributed by atoms with Crippen LogP contribution in [0.5, 0.6) is 0 Å². The van der Waals surface area contributed by atoms with E-state index < -0.39 is 0 Å². The second kappa shape index (κ2) is 8.28. The third kappa shape index (κ3) is 4.35. The van der Waals surface area contributed by atoms with Gasteiger partial charge in [0.25, 0.3) is 5.91 Å². The molecule has 29 heavy (non-hydrogen) atoms. The van der Waals surface area contributed by atoms with Crippen LogP contribution in [0.2, 0.25) is 0 Å². The number of benzene rings is 2. The molecule has 4 rings (SSSR count). The molecule has 0 saturated carbocycles. The smallest absolute Gasteiger partial charge is 0.261 e. The highest BCUT2D eigenvalue weighted by Crippen LogP contribution is 2.25. The number of hydrogen-bond donors (Lipinski definition) is 2. The maximum absolute atomic E-state index is 12.6. The number of hydrogen-bond acceptors (Lipinski definition) is 5. The van der Waals surface area contributed by atoms with Gasteiger partial charge in [0.05, 0.1) is 5.56 Å². The minimum absolute atomic E-state index is 0.00834. The van der Waals surface area contributed by atoms with Gasteiger partial charge in [0.1, 0.15) is 11.8 Å². The Balaban J connectivity index is 1.41. The minimum Gasteiger partial charge on any atom is -0.463 e. The van der Waals surface area contributed by atoms with Gasteiger partial charge < -0.3 is 9.73 Å². The quantitative estimate of drug-likeness (QED) is 0.468. The summed E-state index contributed by atoms with van der Waals surface area (Å²) in [6, 6.07) is 15.1. The summed E-state index contributed by atoms with van der Waals surface area (Å²) in [4.78, 5) is 29.4. The van der Waals surface area contributed by atoms with Gasteiger partial charge in [0, 0.05) is 35.0 Å². The molecule has 0 atom stereocenters. The molecule has 2 N–H and O–H groups in total. The Labute approximate surface area is 171 Å². The molecule has 2 amide bonds. The number of rotatable bonds is 6. The van der Waals surface area contributed by atoms with Gasteiger partial charge in [-0.05, 0) is 23.8 Å². The molecule has 0 aliphatic heterocycles. The largest absolute Gasteiger partial charge is 0.463 e. The van der Waals surface area contributed by atoms with Gasteiger partial charge in [0.15, 0.2) is 5.13 Å². The number of anilines is 2. The lowest BCUT2D eigenvalue weighted by molar-refractivity contribution is -0.115. The highest BCUT2D eigenvalue weighted by molar-refractivity contribution is 7.15. The number of para-hydroxylation sites is 1. The second-order valence-electron chi connectivity index (χ2n) is 6.51.